The van der Waals surface area contributed by atoms with Gasteiger partial charge < -0.3 is 15.2 Å². The Morgan fingerprint density at radius 2 is 1.96 bits per heavy atom. The first kappa shape index (κ1) is 16.6. The fourth-order valence-electron chi connectivity index (χ4n) is 3.38. The monoisotopic (exact) mass is 334 g/mol. The van der Waals surface area contributed by atoms with E-state index in [0.717, 1.165) is 66.1 Å². The van der Waals surface area contributed by atoms with Crippen molar-refractivity contribution in [2.75, 3.05) is 31.1 Å². The van der Waals surface area contributed by atoms with Gasteiger partial charge in [-0.1, -0.05) is 38.3 Å². The molecule has 0 radical (unpaired) electrons. The number of rotatable bonds is 6. The fourth-order valence-corrected chi connectivity index (χ4v) is 3.65. The number of hydrogen-bond acceptors (Lipinski definition) is 3. The number of aromatic amines is 1. The summed E-state index contributed by atoms with van der Waals surface area (Å²) in [5, 5.41) is 4.18. The molecule has 0 amide bonds. The third-order valence-electron chi connectivity index (χ3n) is 5.00. The van der Waals surface area contributed by atoms with Crippen molar-refractivity contribution < 1.29 is 0 Å². The molecule has 3 rings (SSSR count). The van der Waals surface area contributed by atoms with Crippen molar-refractivity contribution >= 4 is 28.3 Å². The summed E-state index contributed by atoms with van der Waals surface area (Å²) >= 11 is 6.50. The summed E-state index contributed by atoms with van der Waals surface area (Å²) in [7, 11) is 0. The van der Waals surface area contributed by atoms with Crippen LogP contribution in [-0.4, -0.2) is 36.1 Å². The van der Waals surface area contributed by atoms with E-state index < -0.39 is 0 Å². The molecule has 23 heavy (non-hydrogen) atoms. The van der Waals surface area contributed by atoms with E-state index >= 15 is 0 Å². The van der Waals surface area contributed by atoms with E-state index in [1.165, 1.54) is 19.3 Å². The average Bonchev–Trinajstić information content (AvgIpc) is 2.97. The van der Waals surface area contributed by atoms with Crippen LogP contribution in [0.3, 0.4) is 0 Å². The van der Waals surface area contributed by atoms with Gasteiger partial charge in [-0.25, -0.2) is 4.98 Å². The summed E-state index contributed by atoms with van der Waals surface area (Å²) in [4.78, 5) is 10.6. The van der Waals surface area contributed by atoms with Crippen molar-refractivity contribution in [1.29, 1.82) is 0 Å². The molecule has 0 unspecified atom stereocenters. The summed E-state index contributed by atoms with van der Waals surface area (Å²) < 4.78 is 0. The molecule has 1 aromatic heterocycles. The summed E-state index contributed by atoms with van der Waals surface area (Å²) in [6.45, 7) is 8.57. The van der Waals surface area contributed by atoms with Crippen LogP contribution in [0, 0.1) is 5.92 Å². The number of anilines is 1. The lowest BCUT2D eigenvalue weighted by Crippen LogP contribution is -2.43. The number of piperazine rings is 1. The number of nitrogens with one attached hydrogen (secondary N) is 2. The number of imidazole rings is 1. The van der Waals surface area contributed by atoms with Gasteiger partial charge in [-0.15, -0.1) is 0 Å². The Labute approximate surface area is 143 Å². The lowest BCUT2D eigenvalue weighted by molar-refractivity contribution is 0.452. The van der Waals surface area contributed by atoms with Gasteiger partial charge in [0.1, 0.15) is 5.82 Å². The summed E-state index contributed by atoms with van der Waals surface area (Å²) in [6, 6.07) is 4.17. The Morgan fingerprint density at radius 3 is 2.65 bits per heavy atom. The van der Waals surface area contributed by atoms with Gasteiger partial charge in [0.25, 0.3) is 0 Å². The molecule has 2 heterocycles. The van der Waals surface area contributed by atoms with E-state index in [-0.39, 0.29) is 0 Å². The topological polar surface area (TPSA) is 44.0 Å². The molecule has 4 nitrogen and oxygen atoms in total. The van der Waals surface area contributed by atoms with Crippen molar-refractivity contribution in [2.45, 2.75) is 39.5 Å². The molecule has 0 bridgehead atoms. The first-order valence-electron chi connectivity index (χ1n) is 8.85. The molecular weight excluding hydrogens is 308 g/mol. The van der Waals surface area contributed by atoms with Crippen LogP contribution in [0.4, 0.5) is 5.69 Å². The predicted molar refractivity (Wildman–Crippen MR) is 98.6 cm³/mol. The molecule has 2 N–H and O–H groups in total. The highest BCUT2D eigenvalue weighted by Crippen LogP contribution is 2.30. The molecule has 126 valence electrons. The molecule has 0 aliphatic carbocycles. The van der Waals surface area contributed by atoms with E-state index in [1.54, 1.807) is 0 Å². The zero-order chi connectivity index (χ0) is 16.2. The number of H-pyrrole nitrogens is 1. The molecule has 0 saturated carbocycles. The van der Waals surface area contributed by atoms with E-state index in [0.29, 0.717) is 0 Å². The lowest BCUT2D eigenvalue weighted by Gasteiger charge is -2.30. The normalized spacial score (nSPS) is 15.7. The van der Waals surface area contributed by atoms with E-state index in [9.17, 15) is 0 Å². The molecule has 0 spiro atoms. The van der Waals surface area contributed by atoms with Crippen molar-refractivity contribution in [3.8, 4) is 0 Å². The minimum Gasteiger partial charge on any atom is -0.368 e. The Morgan fingerprint density at radius 1 is 1.22 bits per heavy atom. The van der Waals surface area contributed by atoms with E-state index in [2.05, 4.69) is 35.1 Å². The van der Waals surface area contributed by atoms with Crippen LogP contribution in [0.15, 0.2) is 12.1 Å². The zero-order valence-electron chi connectivity index (χ0n) is 14.2. The van der Waals surface area contributed by atoms with Crippen molar-refractivity contribution in [3.63, 3.8) is 0 Å². The number of benzene rings is 1. The number of nitrogens with zero attached hydrogens (tertiary/aromatic N) is 2. The van der Waals surface area contributed by atoms with Crippen LogP contribution in [0.1, 0.15) is 38.9 Å². The van der Waals surface area contributed by atoms with Gasteiger partial charge in [-0.05, 0) is 24.5 Å². The Bertz CT molecular complexity index is 642. The number of hydrogen-bond donors (Lipinski definition) is 2. The number of aryl methyl sites for hydroxylation is 1. The van der Waals surface area contributed by atoms with Crippen molar-refractivity contribution in [1.82, 2.24) is 15.3 Å². The summed E-state index contributed by atoms with van der Waals surface area (Å²) in [6.07, 6.45) is 4.71. The summed E-state index contributed by atoms with van der Waals surface area (Å²) in [5.74, 6) is 1.88. The average molecular weight is 335 g/mol. The first-order valence-corrected chi connectivity index (χ1v) is 9.22. The van der Waals surface area contributed by atoms with Gasteiger partial charge in [0, 0.05) is 32.6 Å². The molecule has 1 aliphatic rings. The van der Waals surface area contributed by atoms with Gasteiger partial charge in [0.2, 0.25) is 0 Å². The van der Waals surface area contributed by atoms with Gasteiger partial charge >= 0.3 is 0 Å². The van der Waals surface area contributed by atoms with Gasteiger partial charge in [-0.3, -0.25) is 0 Å². The standard InChI is InChI=1S/C18H27ClN4/c1-3-13(4-2)5-6-18-21-15-11-14(19)17(12-16(15)22-18)23-9-7-20-8-10-23/h11-13,20H,3-10H2,1-2H3,(H,21,22). The smallest absolute Gasteiger partial charge is 0.107 e. The maximum atomic E-state index is 6.50. The SMILES string of the molecule is CCC(CC)CCc1nc2cc(Cl)c(N3CCNCC3)cc2[nH]1. The highest BCUT2D eigenvalue weighted by molar-refractivity contribution is 6.34. The molecule has 2 aromatic rings. The maximum absolute atomic E-state index is 6.50. The minimum absolute atomic E-state index is 0.795. The highest BCUT2D eigenvalue weighted by Gasteiger charge is 2.16. The summed E-state index contributed by atoms with van der Waals surface area (Å²) in [5.41, 5.74) is 3.20. The second kappa shape index (κ2) is 7.54. The molecule has 0 atom stereocenters. The maximum Gasteiger partial charge on any atom is 0.107 e. The minimum atomic E-state index is 0.795. The quantitative estimate of drug-likeness (QED) is 0.839. The largest absolute Gasteiger partial charge is 0.368 e. The second-order valence-corrected chi connectivity index (χ2v) is 6.87. The van der Waals surface area contributed by atoms with Crippen LogP contribution in [0.2, 0.25) is 5.02 Å². The Balaban J connectivity index is 1.79. The van der Waals surface area contributed by atoms with Gasteiger partial charge in [-0.2, -0.15) is 0 Å². The zero-order valence-corrected chi connectivity index (χ0v) is 14.9. The van der Waals surface area contributed by atoms with Crippen LogP contribution in [-0.2, 0) is 6.42 Å². The van der Waals surface area contributed by atoms with Crippen LogP contribution >= 0.6 is 11.6 Å². The third-order valence-corrected chi connectivity index (χ3v) is 5.30. The van der Waals surface area contributed by atoms with E-state index in [1.807, 2.05) is 6.07 Å². The first-order chi connectivity index (χ1) is 11.2. The number of halogens is 1. The predicted octanol–water partition coefficient (Wildman–Crippen LogP) is 3.99. The number of aromatic nitrogens is 2. The second-order valence-electron chi connectivity index (χ2n) is 6.46. The molecule has 5 heteroatoms. The lowest BCUT2D eigenvalue weighted by atomic mass is 9.97. The van der Waals surface area contributed by atoms with Gasteiger partial charge in [0.15, 0.2) is 0 Å². The Hall–Kier alpha value is -1.26. The fraction of sp³-hybridized carbons (Fsp3) is 0.611. The van der Waals surface area contributed by atoms with E-state index in [4.69, 9.17) is 16.6 Å². The molecule has 1 fully saturated rings. The molecular formula is C18H27ClN4. The van der Waals surface area contributed by atoms with Gasteiger partial charge in [0.05, 0.1) is 21.7 Å². The van der Waals surface area contributed by atoms with Crippen molar-refractivity contribution in [3.05, 3.63) is 23.0 Å². The Kier molecular flexibility index (Phi) is 5.44. The molecule has 1 aromatic carbocycles. The van der Waals surface area contributed by atoms with Crippen LogP contribution in [0.5, 0.6) is 0 Å². The highest BCUT2D eigenvalue weighted by atomic mass is 35.5. The van der Waals surface area contributed by atoms with Crippen molar-refractivity contribution in [2.24, 2.45) is 5.92 Å². The number of fused-ring (bicyclic) bond motifs is 1. The molecule has 1 saturated heterocycles. The molecule has 1 aliphatic heterocycles. The van der Waals surface area contributed by atoms with Crippen LogP contribution in [0.25, 0.3) is 11.0 Å². The van der Waals surface area contributed by atoms with Crippen LogP contribution < -0.4 is 10.2 Å². The third kappa shape index (κ3) is 3.81.